The highest BCUT2D eigenvalue weighted by atomic mass is 15.3. The van der Waals surface area contributed by atoms with E-state index in [9.17, 15) is 0 Å². The molecule has 132 valence electrons. The number of aliphatic imine (C=N–C) groups is 1. The zero-order valence-electron chi connectivity index (χ0n) is 16.0. The van der Waals surface area contributed by atoms with Crippen LogP contribution in [0.3, 0.4) is 0 Å². The summed E-state index contributed by atoms with van der Waals surface area (Å²) in [5.74, 6) is 1.67. The number of rotatable bonds is 8. The predicted molar refractivity (Wildman–Crippen MR) is 99.0 cm³/mol. The molecule has 0 fully saturated rings. The molecular formula is C18H35N5. The van der Waals surface area contributed by atoms with Gasteiger partial charge in [0.2, 0.25) is 0 Å². The van der Waals surface area contributed by atoms with Gasteiger partial charge in [-0.25, -0.2) is 0 Å². The topological polar surface area (TPSA) is 54.2 Å². The van der Waals surface area contributed by atoms with E-state index in [4.69, 9.17) is 4.99 Å². The summed E-state index contributed by atoms with van der Waals surface area (Å²) < 4.78 is 1.96. The number of hydrogen-bond acceptors (Lipinski definition) is 2. The van der Waals surface area contributed by atoms with Crippen LogP contribution in [0.15, 0.2) is 4.99 Å². The van der Waals surface area contributed by atoms with Gasteiger partial charge < -0.3 is 10.6 Å². The molecule has 1 aromatic rings. The van der Waals surface area contributed by atoms with E-state index in [1.165, 1.54) is 17.7 Å². The van der Waals surface area contributed by atoms with E-state index in [-0.39, 0.29) is 0 Å². The van der Waals surface area contributed by atoms with Crippen LogP contribution in [0.4, 0.5) is 0 Å². The van der Waals surface area contributed by atoms with Gasteiger partial charge in [-0.05, 0) is 58.4 Å². The van der Waals surface area contributed by atoms with E-state index >= 15 is 0 Å². The third-order valence-electron chi connectivity index (χ3n) is 4.11. The van der Waals surface area contributed by atoms with Crippen molar-refractivity contribution in [1.29, 1.82) is 0 Å². The smallest absolute Gasteiger partial charge is 0.191 e. The molecular weight excluding hydrogens is 286 g/mol. The zero-order valence-corrected chi connectivity index (χ0v) is 16.0. The Morgan fingerprint density at radius 2 is 1.96 bits per heavy atom. The minimum absolute atomic E-state index is 0.319. The van der Waals surface area contributed by atoms with E-state index < -0.39 is 0 Å². The van der Waals surface area contributed by atoms with Crippen LogP contribution >= 0.6 is 0 Å². The van der Waals surface area contributed by atoms with Gasteiger partial charge in [0, 0.05) is 31.9 Å². The largest absolute Gasteiger partial charge is 0.357 e. The van der Waals surface area contributed by atoms with Crippen molar-refractivity contribution in [2.24, 2.45) is 18.0 Å². The molecule has 0 aliphatic heterocycles. The van der Waals surface area contributed by atoms with Gasteiger partial charge in [-0.1, -0.05) is 13.8 Å². The molecule has 0 saturated carbocycles. The fourth-order valence-electron chi connectivity index (χ4n) is 2.71. The predicted octanol–water partition coefficient (Wildman–Crippen LogP) is 2.96. The van der Waals surface area contributed by atoms with Crippen molar-refractivity contribution in [3.05, 3.63) is 17.0 Å². The van der Waals surface area contributed by atoms with Gasteiger partial charge in [-0.15, -0.1) is 0 Å². The molecule has 5 nitrogen and oxygen atoms in total. The van der Waals surface area contributed by atoms with Crippen molar-refractivity contribution in [2.45, 2.75) is 66.8 Å². The average molecular weight is 322 g/mol. The molecule has 0 aliphatic rings. The Labute approximate surface area is 142 Å². The van der Waals surface area contributed by atoms with Crippen molar-refractivity contribution in [3.8, 4) is 0 Å². The maximum Gasteiger partial charge on any atom is 0.191 e. The molecule has 23 heavy (non-hydrogen) atoms. The molecule has 0 saturated heterocycles. The fraction of sp³-hybridized carbons (Fsp3) is 0.778. The first-order valence-electron chi connectivity index (χ1n) is 8.89. The number of aryl methyl sites for hydroxylation is 2. The second kappa shape index (κ2) is 9.58. The molecule has 0 radical (unpaired) electrons. The van der Waals surface area contributed by atoms with Crippen LogP contribution in [0.5, 0.6) is 0 Å². The summed E-state index contributed by atoms with van der Waals surface area (Å²) in [7, 11) is 2.00. The van der Waals surface area contributed by atoms with Crippen molar-refractivity contribution in [2.75, 3.05) is 13.1 Å². The molecule has 0 bridgehead atoms. The molecule has 1 aromatic heterocycles. The first-order chi connectivity index (χ1) is 10.8. The van der Waals surface area contributed by atoms with Gasteiger partial charge in [0.1, 0.15) is 0 Å². The lowest BCUT2D eigenvalue weighted by Gasteiger charge is -2.18. The summed E-state index contributed by atoms with van der Waals surface area (Å²) in [6.07, 6.45) is 3.33. The van der Waals surface area contributed by atoms with E-state index in [0.29, 0.717) is 6.04 Å². The van der Waals surface area contributed by atoms with E-state index in [1.807, 2.05) is 11.7 Å². The van der Waals surface area contributed by atoms with E-state index in [0.717, 1.165) is 43.5 Å². The lowest BCUT2D eigenvalue weighted by molar-refractivity contribution is 0.559. The minimum Gasteiger partial charge on any atom is -0.357 e. The van der Waals surface area contributed by atoms with Gasteiger partial charge >= 0.3 is 0 Å². The molecule has 0 aliphatic carbocycles. The van der Waals surface area contributed by atoms with Crippen LogP contribution in [-0.2, 0) is 13.5 Å². The summed E-state index contributed by atoms with van der Waals surface area (Å²) >= 11 is 0. The minimum atomic E-state index is 0.319. The first-order valence-corrected chi connectivity index (χ1v) is 8.89. The van der Waals surface area contributed by atoms with Crippen molar-refractivity contribution >= 4 is 5.96 Å². The lowest BCUT2D eigenvalue weighted by atomic mass is 10.1. The second-order valence-electron chi connectivity index (χ2n) is 6.82. The monoisotopic (exact) mass is 321 g/mol. The highest BCUT2D eigenvalue weighted by molar-refractivity contribution is 5.80. The Hall–Kier alpha value is -1.52. The molecule has 1 rings (SSSR count). The molecule has 5 heteroatoms. The standard InChI is InChI=1S/C18H35N5/c1-8-19-18(20-11-9-10-13(2)3)21-14(4)12-17-15(5)22-23(7)16(17)6/h13-14H,8-12H2,1-7H3,(H2,19,20,21). The number of aromatic nitrogens is 2. The van der Waals surface area contributed by atoms with Crippen LogP contribution in [0.25, 0.3) is 0 Å². The van der Waals surface area contributed by atoms with Gasteiger partial charge in [0.15, 0.2) is 5.96 Å². The molecule has 1 unspecified atom stereocenters. The Morgan fingerprint density at radius 1 is 1.26 bits per heavy atom. The number of guanidine groups is 1. The summed E-state index contributed by atoms with van der Waals surface area (Å²) in [6.45, 7) is 14.8. The van der Waals surface area contributed by atoms with Crippen LogP contribution in [0.2, 0.25) is 0 Å². The lowest BCUT2D eigenvalue weighted by Crippen LogP contribution is -2.43. The van der Waals surface area contributed by atoms with Crippen molar-refractivity contribution in [1.82, 2.24) is 20.4 Å². The highest BCUT2D eigenvalue weighted by Gasteiger charge is 2.13. The third kappa shape index (κ3) is 6.63. The maximum absolute atomic E-state index is 4.69. The quantitative estimate of drug-likeness (QED) is 0.440. The van der Waals surface area contributed by atoms with E-state index in [1.54, 1.807) is 0 Å². The summed E-state index contributed by atoms with van der Waals surface area (Å²) in [5, 5.41) is 11.4. The van der Waals surface area contributed by atoms with E-state index in [2.05, 4.69) is 57.3 Å². The van der Waals surface area contributed by atoms with Gasteiger partial charge in [0.05, 0.1) is 5.69 Å². The summed E-state index contributed by atoms with van der Waals surface area (Å²) in [6, 6.07) is 0.319. The Kier molecular flexibility index (Phi) is 8.13. The van der Waals surface area contributed by atoms with Gasteiger partial charge in [-0.3, -0.25) is 9.67 Å². The second-order valence-corrected chi connectivity index (χ2v) is 6.82. The molecule has 0 amide bonds. The Balaban J connectivity index is 2.59. The van der Waals surface area contributed by atoms with Crippen LogP contribution in [0, 0.1) is 19.8 Å². The molecule has 2 N–H and O–H groups in total. The fourth-order valence-corrected chi connectivity index (χ4v) is 2.71. The first kappa shape index (κ1) is 19.5. The van der Waals surface area contributed by atoms with Crippen molar-refractivity contribution < 1.29 is 0 Å². The maximum atomic E-state index is 4.69. The summed E-state index contributed by atoms with van der Waals surface area (Å²) in [4.78, 5) is 4.69. The molecule has 1 atom stereocenters. The Bertz CT molecular complexity index is 502. The number of hydrogen-bond donors (Lipinski definition) is 2. The van der Waals surface area contributed by atoms with Crippen LogP contribution in [0.1, 0.15) is 57.5 Å². The molecule has 0 aromatic carbocycles. The molecule has 1 heterocycles. The zero-order chi connectivity index (χ0) is 17.4. The average Bonchev–Trinajstić information content (AvgIpc) is 2.70. The number of nitrogens with one attached hydrogen (secondary N) is 2. The normalized spacial score (nSPS) is 13.5. The van der Waals surface area contributed by atoms with Gasteiger partial charge in [0.25, 0.3) is 0 Å². The summed E-state index contributed by atoms with van der Waals surface area (Å²) in [5.41, 5.74) is 3.70. The number of nitrogens with zero attached hydrogens (tertiary/aromatic N) is 3. The van der Waals surface area contributed by atoms with Gasteiger partial charge in [-0.2, -0.15) is 5.10 Å². The SMILES string of the molecule is CCNC(=NCCCC(C)C)NC(C)Cc1c(C)nn(C)c1C. The van der Waals surface area contributed by atoms with Crippen LogP contribution < -0.4 is 10.6 Å². The molecule has 0 spiro atoms. The van der Waals surface area contributed by atoms with Crippen molar-refractivity contribution in [3.63, 3.8) is 0 Å². The Morgan fingerprint density at radius 3 is 2.48 bits per heavy atom. The van der Waals surface area contributed by atoms with Crippen LogP contribution in [-0.4, -0.2) is 34.9 Å². The third-order valence-corrected chi connectivity index (χ3v) is 4.11. The highest BCUT2D eigenvalue weighted by Crippen LogP contribution is 2.14.